The van der Waals surface area contributed by atoms with Gasteiger partial charge in [0.1, 0.15) is 0 Å². The van der Waals surface area contributed by atoms with Crippen LogP contribution in [0.15, 0.2) is 60.0 Å². The first-order chi connectivity index (χ1) is 13.5. The summed E-state index contributed by atoms with van der Waals surface area (Å²) in [4.78, 5) is 16.2. The second-order valence-corrected chi connectivity index (χ2v) is 7.47. The first-order valence-corrected chi connectivity index (χ1v) is 9.95. The first-order valence-electron chi connectivity index (χ1n) is 9.07. The third-order valence-electron chi connectivity index (χ3n) is 4.41. The Balaban J connectivity index is 1.49. The number of carbonyl (C=O) groups excluding carboxylic acids is 1. The fourth-order valence-corrected chi connectivity index (χ4v) is 3.39. The molecule has 3 aromatic rings. The van der Waals surface area contributed by atoms with Gasteiger partial charge in [0.25, 0.3) is 0 Å². The molecule has 1 aromatic heterocycles. The fourth-order valence-electron chi connectivity index (χ4n) is 2.83. The summed E-state index contributed by atoms with van der Waals surface area (Å²) in [7, 11) is 0. The van der Waals surface area contributed by atoms with E-state index in [1.807, 2.05) is 61.5 Å². The van der Waals surface area contributed by atoms with E-state index in [-0.39, 0.29) is 18.4 Å². The number of nitrogens with zero attached hydrogens (tertiary/aromatic N) is 1. The van der Waals surface area contributed by atoms with Crippen molar-refractivity contribution in [3.8, 4) is 0 Å². The summed E-state index contributed by atoms with van der Waals surface area (Å²) in [6.45, 7) is 2.50. The standard InChI is InChI=1S/C21H24N4O2S/c1-14(23-12-19(26)16-5-3-2-4-6-16)15-7-9-17(10-8-15)24-20(27)11-18-13-28-21(22)25-18/h2-10,13-14,19,23,26H,11-12H2,1H3,(H2,22,25)(H,24,27)/t14-,19+/m1/s1. The number of aromatic nitrogens is 1. The van der Waals surface area contributed by atoms with Crippen LogP contribution in [0.5, 0.6) is 0 Å². The lowest BCUT2D eigenvalue weighted by molar-refractivity contribution is -0.115. The maximum absolute atomic E-state index is 12.1. The summed E-state index contributed by atoms with van der Waals surface area (Å²) in [6.07, 6.45) is -0.355. The van der Waals surface area contributed by atoms with Gasteiger partial charge in [0.15, 0.2) is 5.13 Å². The zero-order valence-electron chi connectivity index (χ0n) is 15.6. The van der Waals surface area contributed by atoms with E-state index in [4.69, 9.17) is 5.73 Å². The monoisotopic (exact) mass is 396 g/mol. The highest BCUT2D eigenvalue weighted by Gasteiger charge is 2.11. The summed E-state index contributed by atoms with van der Waals surface area (Å²) < 4.78 is 0. The Bertz CT molecular complexity index is 896. The molecular formula is C21H24N4O2S. The zero-order valence-corrected chi connectivity index (χ0v) is 16.4. The number of aliphatic hydroxyl groups is 1. The minimum atomic E-state index is -0.554. The maximum atomic E-state index is 12.1. The van der Waals surface area contributed by atoms with E-state index < -0.39 is 6.10 Å². The van der Waals surface area contributed by atoms with Crippen molar-refractivity contribution in [2.45, 2.75) is 25.5 Å². The maximum Gasteiger partial charge on any atom is 0.230 e. The highest BCUT2D eigenvalue weighted by atomic mass is 32.1. The average Bonchev–Trinajstić information content (AvgIpc) is 3.11. The van der Waals surface area contributed by atoms with Gasteiger partial charge in [-0.05, 0) is 30.2 Å². The van der Waals surface area contributed by atoms with Crippen LogP contribution < -0.4 is 16.4 Å². The minimum Gasteiger partial charge on any atom is -0.387 e. The lowest BCUT2D eigenvalue weighted by Gasteiger charge is -2.18. The van der Waals surface area contributed by atoms with Gasteiger partial charge in [0.05, 0.1) is 18.2 Å². The highest BCUT2D eigenvalue weighted by Crippen LogP contribution is 2.18. The van der Waals surface area contributed by atoms with Gasteiger partial charge in [-0.15, -0.1) is 11.3 Å². The van der Waals surface area contributed by atoms with Crippen LogP contribution in [-0.2, 0) is 11.2 Å². The highest BCUT2D eigenvalue weighted by molar-refractivity contribution is 7.13. The fraction of sp³-hybridized carbons (Fsp3) is 0.238. The summed E-state index contributed by atoms with van der Waals surface area (Å²) in [5.74, 6) is -0.129. The molecule has 2 atom stereocenters. The Hall–Kier alpha value is -2.74. The lowest BCUT2D eigenvalue weighted by atomic mass is 10.1. The summed E-state index contributed by atoms with van der Waals surface area (Å²) in [5.41, 5.74) is 8.95. The molecule has 0 aliphatic carbocycles. The number of nitrogen functional groups attached to an aromatic ring is 1. The summed E-state index contributed by atoms with van der Waals surface area (Å²) >= 11 is 1.32. The predicted molar refractivity (Wildman–Crippen MR) is 113 cm³/mol. The number of carbonyl (C=O) groups is 1. The third-order valence-corrected chi connectivity index (χ3v) is 5.13. The van der Waals surface area contributed by atoms with E-state index in [1.165, 1.54) is 11.3 Å². The van der Waals surface area contributed by atoms with E-state index in [0.717, 1.165) is 16.8 Å². The third kappa shape index (κ3) is 5.63. The molecule has 0 aliphatic heterocycles. The quantitative estimate of drug-likeness (QED) is 0.468. The molecule has 5 N–H and O–H groups in total. The van der Waals surface area contributed by atoms with Crippen LogP contribution in [0, 0.1) is 0 Å². The van der Waals surface area contributed by atoms with Crippen molar-refractivity contribution in [3.63, 3.8) is 0 Å². The van der Waals surface area contributed by atoms with Crippen molar-refractivity contribution >= 4 is 28.1 Å². The van der Waals surface area contributed by atoms with Crippen molar-refractivity contribution in [2.24, 2.45) is 0 Å². The van der Waals surface area contributed by atoms with E-state index in [2.05, 4.69) is 15.6 Å². The number of benzene rings is 2. The topological polar surface area (TPSA) is 100 Å². The molecule has 0 saturated heterocycles. The van der Waals surface area contributed by atoms with Crippen LogP contribution in [0.25, 0.3) is 0 Å². The van der Waals surface area contributed by atoms with Crippen LogP contribution in [0.3, 0.4) is 0 Å². The molecule has 0 spiro atoms. The number of nitrogens with one attached hydrogen (secondary N) is 2. The molecule has 0 fully saturated rings. The summed E-state index contributed by atoms with van der Waals surface area (Å²) in [6, 6.07) is 17.3. The molecule has 1 amide bonds. The Morgan fingerprint density at radius 2 is 1.86 bits per heavy atom. The first kappa shape index (κ1) is 20.0. The van der Waals surface area contributed by atoms with E-state index in [1.54, 1.807) is 5.38 Å². The van der Waals surface area contributed by atoms with E-state index in [0.29, 0.717) is 17.4 Å². The molecule has 0 radical (unpaired) electrons. The van der Waals surface area contributed by atoms with Crippen LogP contribution in [0.2, 0.25) is 0 Å². The van der Waals surface area contributed by atoms with Crippen molar-refractivity contribution in [3.05, 3.63) is 76.8 Å². The van der Waals surface area contributed by atoms with Gasteiger partial charge in [-0.1, -0.05) is 42.5 Å². The summed E-state index contributed by atoms with van der Waals surface area (Å²) in [5, 5.41) is 18.7. The van der Waals surface area contributed by atoms with Crippen LogP contribution >= 0.6 is 11.3 Å². The van der Waals surface area contributed by atoms with Crippen molar-refractivity contribution < 1.29 is 9.90 Å². The van der Waals surface area contributed by atoms with Gasteiger partial charge < -0.3 is 21.5 Å². The van der Waals surface area contributed by atoms with Gasteiger partial charge in [-0.25, -0.2) is 4.98 Å². The second kappa shape index (κ2) is 9.45. The number of amides is 1. The SMILES string of the molecule is C[C@@H](NC[C@H](O)c1ccccc1)c1ccc(NC(=O)Cc2csc(N)n2)cc1. The predicted octanol–water partition coefficient (Wildman–Crippen LogP) is 3.29. The smallest absolute Gasteiger partial charge is 0.230 e. The second-order valence-electron chi connectivity index (χ2n) is 6.58. The van der Waals surface area contributed by atoms with Crippen LogP contribution in [0.1, 0.15) is 35.9 Å². The van der Waals surface area contributed by atoms with Crippen LogP contribution in [-0.4, -0.2) is 22.5 Å². The molecule has 146 valence electrons. The minimum absolute atomic E-state index is 0.0705. The number of aliphatic hydroxyl groups excluding tert-OH is 1. The normalized spacial score (nSPS) is 13.1. The number of hydrogen-bond donors (Lipinski definition) is 4. The molecule has 1 heterocycles. The van der Waals surface area contributed by atoms with Crippen LogP contribution in [0.4, 0.5) is 10.8 Å². The molecule has 7 heteroatoms. The Labute approximate surface area is 168 Å². The number of anilines is 2. The molecular weight excluding hydrogens is 372 g/mol. The number of hydrogen-bond acceptors (Lipinski definition) is 6. The van der Waals surface area contributed by atoms with Crippen molar-refractivity contribution in [1.29, 1.82) is 0 Å². The van der Waals surface area contributed by atoms with E-state index >= 15 is 0 Å². The van der Waals surface area contributed by atoms with Gasteiger partial charge in [-0.2, -0.15) is 0 Å². The van der Waals surface area contributed by atoms with Crippen molar-refractivity contribution in [1.82, 2.24) is 10.3 Å². The zero-order chi connectivity index (χ0) is 19.9. The lowest BCUT2D eigenvalue weighted by Crippen LogP contribution is -2.24. The molecule has 0 bridgehead atoms. The largest absolute Gasteiger partial charge is 0.387 e. The van der Waals surface area contributed by atoms with Gasteiger partial charge in [-0.3, -0.25) is 4.79 Å². The number of thiazole rings is 1. The molecule has 3 rings (SSSR count). The van der Waals surface area contributed by atoms with Gasteiger partial charge in [0, 0.05) is 23.7 Å². The molecule has 0 saturated carbocycles. The van der Waals surface area contributed by atoms with Gasteiger partial charge in [0.2, 0.25) is 5.91 Å². The number of nitrogens with two attached hydrogens (primary N) is 1. The van der Waals surface area contributed by atoms with Gasteiger partial charge >= 0.3 is 0 Å². The van der Waals surface area contributed by atoms with E-state index in [9.17, 15) is 9.90 Å². The molecule has 28 heavy (non-hydrogen) atoms. The number of rotatable bonds is 8. The molecule has 0 unspecified atom stereocenters. The molecule has 6 nitrogen and oxygen atoms in total. The molecule has 2 aromatic carbocycles. The molecule has 0 aliphatic rings. The Kier molecular flexibility index (Phi) is 6.76. The Morgan fingerprint density at radius 3 is 2.50 bits per heavy atom. The average molecular weight is 397 g/mol. The van der Waals surface area contributed by atoms with Crippen molar-refractivity contribution in [2.75, 3.05) is 17.6 Å². The Morgan fingerprint density at radius 1 is 1.14 bits per heavy atom.